The number of benzene rings is 1. The van der Waals surface area contributed by atoms with Crippen LogP contribution in [0.2, 0.25) is 0 Å². The van der Waals surface area contributed by atoms with Gasteiger partial charge in [-0.3, -0.25) is 9.59 Å². The second-order valence-electron chi connectivity index (χ2n) is 5.89. The number of rotatable bonds is 2. The molecule has 3 rings (SSSR count). The van der Waals surface area contributed by atoms with E-state index in [2.05, 4.69) is 6.08 Å². The Labute approximate surface area is 124 Å². The average molecular weight is 285 g/mol. The third-order valence-electron chi connectivity index (χ3n) is 4.46. The molecule has 4 nitrogen and oxygen atoms in total. The fourth-order valence-electron chi connectivity index (χ4n) is 3.57. The van der Waals surface area contributed by atoms with Gasteiger partial charge in [-0.05, 0) is 31.4 Å². The zero-order valence-electron chi connectivity index (χ0n) is 12.5. The zero-order valence-corrected chi connectivity index (χ0v) is 12.5. The van der Waals surface area contributed by atoms with Gasteiger partial charge in [0.15, 0.2) is 0 Å². The topological polar surface area (TPSA) is 46.6 Å². The van der Waals surface area contributed by atoms with E-state index in [1.54, 1.807) is 19.2 Å². The molecule has 2 aliphatic rings. The number of para-hydroxylation sites is 2. The zero-order chi connectivity index (χ0) is 15.1. The number of allylic oxidation sites excluding steroid dienone is 2. The molecule has 1 aliphatic heterocycles. The van der Waals surface area contributed by atoms with E-state index < -0.39 is 0 Å². The molecule has 3 atom stereocenters. The summed E-state index contributed by atoms with van der Waals surface area (Å²) in [6.07, 6.45) is 2.78. The van der Waals surface area contributed by atoms with Crippen LogP contribution in [0.3, 0.4) is 0 Å². The third kappa shape index (κ3) is 2.06. The molecule has 1 saturated heterocycles. The fraction of sp³-hybridized carbons (Fsp3) is 0.412. The second kappa shape index (κ2) is 5.02. The van der Waals surface area contributed by atoms with E-state index in [-0.39, 0.29) is 29.6 Å². The van der Waals surface area contributed by atoms with Crippen LogP contribution in [0.5, 0.6) is 5.75 Å². The number of nitrogens with zero attached hydrogens (tertiary/aromatic N) is 1. The fourth-order valence-corrected chi connectivity index (χ4v) is 3.57. The predicted octanol–water partition coefficient (Wildman–Crippen LogP) is 2.79. The van der Waals surface area contributed by atoms with E-state index in [0.717, 1.165) is 0 Å². The van der Waals surface area contributed by atoms with Crippen molar-refractivity contribution in [2.45, 2.75) is 20.3 Å². The summed E-state index contributed by atoms with van der Waals surface area (Å²) in [4.78, 5) is 26.8. The van der Waals surface area contributed by atoms with Crippen LogP contribution in [0.1, 0.15) is 20.3 Å². The molecule has 110 valence electrons. The molecule has 1 heterocycles. The molecule has 0 radical (unpaired) electrons. The first kappa shape index (κ1) is 13.9. The maximum Gasteiger partial charge on any atom is 0.238 e. The number of carbonyl (C=O) groups excluding carboxylic acids is 2. The van der Waals surface area contributed by atoms with Crippen molar-refractivity contribution in [3.8, 4) is 5.75 Å². The normalized spacial score (nSPS) is 28.4. The molecule has 1 aliphatic carbocycles. The van der Waals surface area contributed by atoms with Crippen molar-refractivity contribution in [1.29, 1.82) is 0 Å². The van der Waals surface area contributed by atoms with Crippen molar-refractivity contribution in [1.82, 2.24) is 0 Å². The Hall–Kier alpha value is -2.10. The Morgan fingerprint density at radius 1 is 1.19 bits per heavy atom. The van der Waals surface area contributed by atoms with E-state index in [1.165, 1.54) is 10.5 Å². The molecule has 1 aromatic rings. The van der Waals surface area contributed by atoms with Crippen molar-refractivity contribution < 1.29 is 14.3 Å². The minimum Gasteiger partial charge on any atom is -0.495 e. The van der Waals surface area contributed by atoms with Gasteiger partial charge < -0.3 is 4.74 Å². The summed E-state index contributed by atoms with van der Waals surface area (Å²) in [7, 11) is 1.55. The number of imide groups is 1. The van der Waals surface area contributed by atoms with Crippen molar-refractivity contribution in [2.24, 2.45) is 17.8 Å². The van der Waals surface area contributed by atoms with E-state index in [9.17, 15) is 9.59 Å². The van der Waals surface area contributed by atoms with E-state index in [4.69, 9.17) is 4.74 Å². The first-order chi connectivity index (χ1) is 10.0. The van der Waals surface area contributed by atoms with Crippen molar-refractivity contribution >= 4 is 17.5 Å². The number of ether oxygens (including phenoxy) is 1. The molecule has 3 unspecified atom stereocenters. The monoisotopic (exact) mass is 285 g/mol. The van der Waals surface area contributed by atoms with Crippen LogP contribution in [-0.2, 0) is 9.59 Å². The highest BCUT2D eigenvalue weighted by molar-refractivity contribution is 6.23. The largest absolute Gasteiger partial charge is 0.495 e. The SMILES string of the molecule is COc1ccccc1N1C(=O)C2CC(C)=CC(C)C2C1=O. The summed E-state index contributed by atoms with van der Waals surface area (Å²) >= 11 is 0. The molecule has 0 saturated carbocycles. The second-order valence-corrected chi connectivity index (χ2v) is 5.89. The number of carbonyl (C=O) groups is 2. The molecular formula is C17H19NO3. The highest BCUT2D eigenvalue weighted by atomic mass is 16.5. The summed E-state index contributed by atoms with van der Waals surface area (Å²) in [6.45, 7) is 4.04. The highest BCUT2D eigenvalue weighted by Crippen LogP contribution is 2.44. The summed E-state index contributed by atoms with van der Waals surface area (Å²) in [5, 5.41) is 0. The Balaban J connectivity index is 2.03. The van der Waals surface area contributed by atoms with Gasteiger partial charge in [0.05, 0.1) is 24.6 Å². The van der Waals surface area contributed by atoms with Crippen LogP contribution in [-0.4, -0.2) is 18.9 Å². The van der Waals surface area contributed by atoms with Gasteiger partial charge in [-0.1, -0.05) is 30.7 Å². The van der Waals surface area contributed by atoms with Gasteiger partial charge in [0.2, 0.25) is 11.8 Å². The standard InChI is InChI=1S/C17H19NO3/c1-10-8-11(2)15-12(9-10)16(19)18(17(15)20)13-6-4-5-7-14(13)21-3/h4-8,11-12,15H,9H2,1-3H3. The van der Waals surface area contributed by atoms with E-state index in [0.29, 0.717) is 17.9 Å². The van der Waals surface area contributed by atoms with Crippen LogP contribution >= 0.6 is 0 Å². The summed E-state index contributed by atoms with van der Waals surface area (Å²) < 4.78 is 5.30. The van der Waals surface area contributed by atoms with Crippen LogP contribution in [0.15, 0.2) is 35.9 Å². The lowest BCUT2D eigenvalue weighted by Gasteiger charge is -2.25. The first-order valence-electron chi connectivity index (χ1n) is 7.22. The number of hydrogen-bond donors (Lipinski definition) is 0. The van der Waals surface area contributed by atoms with Gasteiger partial charge in [-0.2, -0.15) is 0 Å². The van der Waals surface area contributed by atoms with Crippen LogP contribution in [0.4, 0.5) is 5.69 Å². The smallest absolute Gasteiger partial charge is 0.238 e. The van der Waals surface area contributed by atoms with Gasteiger partial charge >= 0.3 is 0 Å². The van der Waals surface area contributed by atoms with Crippen LogP contribution < -0.4 is 9.64 Å². The number of amides is 2. The summed E-state index contributed by atoms with van der Waals surface area (Å²) in [6, 6.07) is 7.17. The number of methoxy groups -OCH3 is 1. The molecule has 2 amide bonds. The van der Waals surface area contributed by atoms with Gasteiger partial charge in [0.25, 0.3) is 0 Å². The van der Waals surface area contributed by atoms with Crippen LogP contribution in [0.25, 0.3) is 0 Å². The Kier molecular flexibility index (Phi) is 3.32. The minimum atomic E-state index is -0.244. The highest BCUT2D eigenvalue weighted by Gasteiger charge is 2.51. The van der Waals surface area contributed by atoms with Gasteiger partial charge in [-0.25, -0.2) is 4.90 Å². The molecule has 0 spiro atoms. The summed E-state index contributed by atoms with van der Waals surface area (Å²) in [5.74, 6) is -0.0387. The maximum absolute atomic E-state index is 12.8. The number of anilines is 1. The quantitative estimate of drug-likeness (QED) is 0.620. The number of hydrogen-bond acceptors (Lipinski definition) is 3. The first-order valence-corrected chi connectivity index (χ1v) is 7.22. The predicted molar refractivity (Wildman–Crippen MR) is 80.0 cm³/mol. The summed E-state index contributed by atoms with van der Waals surface area (Å²) in [5.41, 5.74) is 1.74. The van der Waals surface area contributed by atoms with Gasteiger partial charge in [0.1, 0.15) is 5.75 Å². The molecule has 4 heteroatoms. The van der Waals surface area contributed by atoms with Crippen molar-refractivity contribution in [2.75, 3.05) is 12.0 Å². The molecule has 0 aromatic heterocycles. The van der Waals surface area contributed by atoms with Crippen molar-refractivity contribution in [3.05, 3.63) is 35.9 Å². The van der Waals surface area contributed by atoms with Gasteiger partial charge in [-0.15, -0.1) is 0 Å². The molecule has 0 N–H and O–H groups in total. The lowest BCUT2D eigenvalue weighted by Crippen LogP contribution is -2.31. The number of fused-ring (bicyclic) bond motifs is 1. The molecular weight excluding hydrogens is 266 g/mol. The lowest BCUT2D eigenvalue weighted by molar-refractivity contribution is -0.122. The van der Waals surface area contributed by atoms with E-state index in [1.807, 2.05) is 26.0 Å². The average Bonchev–Trinajstić information content (AvgIpc) is 2.70. The molecule has 1 aromatic carbocycles. The Morgan fingerprint density at radius 3 is 2.62 bits per heavy atom. The molecule has 1 fully saturated rings. The van der Waals surface area contributed by atoms with Crippen molar-refractivity contribution in [3.63, 3.8) is 0 Å². The maximum atomic E-state index is 12.8. The van der Waals surface area contributed by atoms with E-state index >= 15 is 0 Å². The van der Waals surface area contributed by atoms with Crippen LogP contribution in [0, 0.1) is 17.8 Å². The van der Waals surface area contributed by atoms with Gasteiger partial charge in [0, 0.05) is 0 Å². The Bertz CT molecular complexity index is 635. The molecule has 21 heavy (non-hydrogen) atoms. The minimum absolute atomic E-state index is 0.0971. The Morgan fingerprint density at radius 2 is 1.90 bits per heavy atom. The third-order valence-corrected chi connectivity index (χ3v) is 4.46. The molecule has 0 bridgehead atoms. The lowest BCUT2D eigenvalue weighted by atomic mass is 9.76.